The first-order valence-corrected chi connectivity index (χ1v) is 10.9. The van der Waals surface area contributed by atoms with E-state index in [1.807, 2.05) is 22.6 Å². The average molecular weight is 574 g/mol. The molecule has 2 N–H and O–H groups in total. The fourth-order valence-electron chi connectivity index (χ4n) is 3.85. The molecule has 1 aliphatic heterocycles. The van der Waals surface area contributed by atoms with Gasteiger partial charge in [-0.2, -0.15) is 5.26 Å². The molecule has 10 nitrogen and oxygen atoms in total. The van der Waals surface area contributed by atoms with E-state index >= 15 is 0 Å². The highest BCUT2D eigenvalue weighted by Gasteiger charge is 2.43. The predicted octanol–water partition coefficient (Wildman–Crippen LogP) is 3.41. The normalized spacial score (nSPS) is 15.6. The van der Waals surface area contributed by atoms with Crippen LogP contribution >= 0.6 is 22.6 Å². The molecule has 1 heterocycles. The fraction of sp³-hybridized carbons (Fsp3) is 0.174. The van der Waals surface area contributed by atoms with Crippen LogP contribution in [0, 0.1) is 31.9 Å². The van der Waals surface area contributed by atoms with Crippen molar-refractivity contribution in [2.45, 2.75) is 12.8 Å². The summed E-state index contributed by atoms with van der Waals surface area (Å²) in [5, 5.41) is 21.4. The second-order valence-corrected chi connectivity index (χ2v) is 8.35. The first kappa shape index (κ1) is 24.7. The Bertz CT molecular complexity index is 1270. The highest BCUT2D eigenvalue weighted by molar-refractivity contribution is 14.1. The van der Waals surface area contributed by atoms with Crippen molar-refractivity contribution in [3.63, 3.8) is 0 Å². The van der Waals surface area contributed by atoms with Crippen molar-refractivity contribution in [1.29, 1.82) is 5.26 Å². The van der Waals surface area contributed by atoms with Crippen LogP contribution in [0.5, 0.6) is 0 Å². The summed E-state index contributed by atoms with van der Waals surface area (Å²) in [6.45, 7) is 1.60. The van der Waals surface area contributed by atoms with Crippen LogP contribution in [0.4, 0.5) is 11.4 Å². The molecule has 0 spiro atoms. The summed E-state index contributed by atoms with van der Waals surface area (Å²) >= 11 is 1.87. The van der Waals surface area contributed by atoms with E-state index in [1.54, 1.807) is 37.3 Å². The molecule has 0 aromatic heterocycles. The first-order valence-electron chi connectivity index (χ1n) is 9.78. The van der Waals surface area contributed by atoms with Crippen molar-refractivity contribution in [3.8, 4) is 6.07 Å². The van der Waals surface area contributed by atoms with Gasteiger partial charge in [-0.3, -0.25) is 15.0 Å². The number of nitro benzene ring substituents is 1. The molecule has 0 saturated heterocycles. The van der Waals surface area contributed by atoms with E-state index < -0.39 is 22.8 Å². The zero-order valence-electron chi connectivity index (χ0n) is 18.4. The SMILES string of the molecule is COC(=O)C1=C(C(=O)OC)N(c2c(C)cc([N+](=O)[O-])cc2I)C(N)=C(C#N)C1c1ccccc1. The Balaban J connectivity index is 2.47. The van der Waals surface area contributed by atoms with E-state index in [-0.39, 0.29) is 28.4 Å². The number of ether oxygens (including phenoxy) is 2. The third kappa shape index (κ3) is 4.19. The molecule has 0 radical (unpaired) electrons. The molecule has 0 saturated carbocycles. The van der Waals surface area contributed by atoms with Crippen LogP contribution < -0.4 is 10.6 Å². The number of nitrogens with two attached hydrogens (primary N) is 1. The van der Waals surface area contributed by atoms with E-state index in [1.165, 1.54) is 17.0 Å². The number of halogens is 1. The molecule has 1 atom stereocenters. The highest BCUT2D eigenvalue weighted by Crippen LogP contribution is 2.45. The van der Waals surface area contributed by atoms with Crippen molar-refractivity contribution in [2.75, 3.05) is 19.1 Å². The lowest BCUT2D eigenvalue weighted by Gasteiger charge is -2.36. The van der Waals surface area contributed by atoms with E-state index in [9.17, 15) is 25.0 Å². The van der Waals surface area contributed by atoms with Crippen LogP contribution in [0.2, 0.25) is 0 Å². The molecule has 34 heavy (non-hydrogen) atoms. The maximum absolute atomic E-state index is 13.1. The minimum Gasteiger partial charge on any atom is -0.466 e. The Hall–Kier alpha value is -3.92. The molecular formula is C23H19IN4O6. The van der Waals surface area contributed by atoms with Crippen molar-refractivity contribution in [2.24, 2.45) is 5.73 Å². The summed E-state index contributed by atoms with van der Waals surface area (Å²) < 4.78 is 10.4. The zero-order chi connectivity index (χ0) is 25.2. The lowest BCUT2D eigenvalue weighted by Crippen LogP contribution is -2.41. The van der Waals surface area contributed by atoms with Gasteiger partial charge >= 0.3 is 11.9 Å². The van der Waals surface area contributed by atoms with Crippen molar-refractivity contribution in [1.82, 2.24) is 0 Å². The minimum atomic E-state index is -1.000. The number of aryl methyl sites for hydroxylation is 1. The maximum Gasteiger partial charge on any atom is 0.355 e. The van der Waals surface area contributed by atoms with Gasteiger partial charge in [-0.05, 0) is 40.6 Å². The van der Waals surface area contributed by atoms with Gasteiger partial charge in [-0.15, -0.1) is 0 Å². The van der Waals surface area contributed by atoms with E-state index in [4.69, 9.17) is 15.2 Å². The molecule has 174 valence electrons. The van der Waals surface area contributed by atoms with Gasteiger partial charge in [0.2, 0.25) is 0 Å². The smallest absolute Gasteiger partial charge is 0.355 e. The Morgan fingerprint density at radius 2 is 1.79 bits per heavy atom. The quantitative estimate of drug-likeness (QED) is 0.245. The first-order chi connectivity index (χ1) is 16.2. The molecule has 1 aliphatic rings. The average Bonchev–Trinajstić information content (AvgIpc) is 2.83. The standard InChI is InChI=1S/C23H19IN4O6/c1-12-9-14(28(31)32)10-16(24)19(12)27-20(23(30)34-3)18(22(29)33-2)17(15(11-25)21(27)26)13-7-5-4-6-8-13/h4-10,17H,26H2,1-3H3. The van der Waals surface area contributed by atoms with Crippen molar-refractivity contribution in [3.05, 3.63) is 89.9 Å². The highest BCUT2D eigenvalue weighted by atomic mass is 127. The van der Waals surface area contributed by atoms with Crippen LogP contribution in [0.1, 0.15) is 17.0 Å². The number of non-ortho nitro benzene ring substituents is 1. The number of anilines is 1. The number of nitro groups is 1. The van der Waals surface area contributed by atoms with Gasteiger partial charge in [0.25, 0.3) is 5.69 Å². The van der Waals surface area contributed by atoms with E-state index in [0.29, 0.717) is 20.4 Å². The van der Waals surface area contributed by atoms with Crippen LogP contribution in [0.15, 0.2) is 65.1 Å². The Labute approximate surface area is 208 Å². The lowest BCUT2D eigenvalue weighted by atomic mass is 9.80. The largest absolute Gasteiger partial charge is 0.466 e. The number of hydrogen-bond donors (Lipinski definition) is 1. The monoisotopic (exact) mass is 574 g/mol. The number of hydrogen-bond acceptors (Lipinski definition) is 9. The minimum absolute atomic E-state index is 0.00723. The topological polar surface area (TPSA) is 149 Å². The van der Waals surface area contributed by atoms with E-state index in [0.717, 1.165) is 14.2 Å². The van der Waals surface area contributed by atoms with Crippen LogP contribution in [0.3, 0.4) is 0 Å². The van der Waals surface area contributed by atoms with Crippen LogP contribution in [-0.4, -0.2) is 31.1 Å². The van der Waals surface area contributed by atoms with Gasteiger partial charge in [-0.25, -0.2) is 9.59 Å². The Kier molecular flexibility index (Phi) is 7.21. The van der Waals surface area contributed by atoms with Crippen LogP contribution in [0.25, 0.3) is 0 Å². The summed E-state index contributed by atoms with van der Waals surface area (Å²) in [5.74, 6) is -2.86. The van der Waals surface area contributed by atoms with Gasteiger partial charge in [0.05, 0.1) is 48.0 Å². The number of carbonyl (C=O) groups is 2. The Morgan fingerprint density at radius 1 is 1.18 bits per heavy atom. The number of nitriles is 1. The summed E-state index contributed by atoms with van der Waals surface area (Å²) in [4.78, 5) is 38.2. The molecule has 1 unspecified atom stereocenters. The van der Waals surface area contributed by atoms with Gasteiger partial charge in [-0.1, -0.05) is 30.3 Å². The fourth-order valence-corrected chi connectivity index (χ4v) is 4.84. The molecule has 0 aliphatic carbocycles. The number of nitrogens with zero attached hydrogens (tertiary/aromatic N) is 3. The number of allylic oxidation sites excluding steroid dienone is 1. The second-order valence-electron chi connectivity index (χ2n) is 7.19. The summed E-state index contributed by atoms with van der Waals surface area (Å²) in [6, 6.07) is 13.3. The molecule has 2 aromatic rings. The third-order valence-electron chi connectivity index (χ3n) is 5.28. The van der Waals surface area contributed by atoms with Crippen molar-refractivity contribution >= 4 is 45.9 Å². The summed E-state index contributed by atoms with van der Waals surface area (Å²) in [6.07, 6.45) is 0. The molecule has 0 bridgehead atoms. The van der Waals surface area contributed by atoms with Crippen molar-refractivity contribution < 1.29 is 24.0 Å². The number of rotatable bonds is 5. The lowest BCUT2D eigenvalue weighted by molar-refractivity contribution is -0.385. The van der Waals surface area contributed by atoms with Gasteiger partial charge < -0.3 is 15.2 Å². The van der Waals surface area contributed by atoms with Gasteiger partial charge in [0.1, 0.15) is 11.5 Å². The van der Waals surface area contributed by atoms with Gasteiger partial charge in [0.15, 0.2) is 0 Å². The number of benzene rings is 2. The Morgan fingerprint density at radius 3 is 2.29 bits per heavy atom. The number of methoxy groups -OCH3 is 2. The second kappa shape index (κ2) is 9.92. The number of carbonyl (C=O) groups excluding carboxylic acids is 2. The summed E-state index contributed by atoms with van der Waals surface area (Å²) in [5.41, 5.74) is 7.16. The molecular weight excluding hydrogens is 555 g/mol. The third-order valence-corrected chi connectivity index (χ3v) is 6.11. The van der Waals surface area contributed by atoms with Gasteiger partial charge in [0, 0.05) is 15.7 Å². The molecule has 0 fully saturated rings. The zero-order valence-corrected chi connectivity index (χ0v) is 20.5. The molecule has 2 aromatic carbocycles. The molecule has 0 amide bonds. The maximum atomic E-state index is 13.1. The molecule has 11 heteroatoms. The van der Waals surface area contributed by atoms with E-state index in [2.05, 4.69) is 6.07 Å². The molecule has 3 rings (SSSR count). The summed E-state index contributed by atoms with van der Waals surface area (Å²) in [7, 11) is 2.30. The van der Waals surface area contributed by atoms with Crippen LogP contribution in [-0.2, 0) is 19.1 Å². The number of esters is 2. The predicted molar refractivity (Wildman–Crippen MR) is 130 cm³/mol.